The van der Waals surface area contributed by atoms with E-state index in [1.54, 1.807) is 0 Å². The lowest BCUT2D eigenvalue weighted by molar-refractivity contribution is 0.0395. The van der Waals surface area contributed by atoms with Crippen molar-refractivity contribution in [1.29, 1.82) is 0 Å². The van der Waals surface area contributed by atoms with Gasteiger partial charge in [-0.15, -0.1) is 0 Å². The highest BCUT2D eigenvalue weighted by molar-refractivity contribution is 5.67. The summed E-state index contributed by atoms with van der Waals surface area (Å²) in [5.41, 5.74) is 2.16. The van der Waals surface area contributed by atoms with Crippen LogP contribution < -0.4 is 14.2 Å². The van der Waals surface area contributed by atoms with Crippen LogP contribution >= 0.6 is 0 Å². The Morgan fingerprint density at radius 1 is 0.722 bits per heavy atom. The number of fused-ring (bicyclic) bond motifs is 1. The van der Waals surface area contributed by atoms with Gasteiger partial charge in [-0.1, -0.05) is 103 Å². The van der Waals surface area contributed by atoms with Gasteiger partial charge in [-0.25, -0.2) is 4.98 Å². The maximum Gasteiger partial charge on any atom is 0.241 e. The zero-order valence-electron chi connectivity index (χ0n) is 22.5. The van der Waals surface area contributed by atoms with E-state index in [0.717, 1.165) is 54.4 Å². The van der Waals surface area contributed by atoms with Crippen molar-refractivity contribution in [3.8, 4) is 28.5 Å². The Balaban J connectivity index is 1.10. The number of aromatic nitrogens is 1. The molecule has 1 aromatic heterocycles. The van der Waals surface area contributed by atoms with Crippen LogP contribution in [0.3, 0.4) is 0 Å². The van der Waals surface area contributed by atoms with Crippen LogP contribution in [0.4, 0.5) is 0 Å². The van der Waals surface area contributed by atoms with E-state index in [1.165, 1.54) is 89.9 Å². The largest absolute Gasteiger partial charge is 0.478 e. The third-order valence-electron chi connectivity index (χ3n) is 7.53. The molecule has 2 aromatic rings. The third kappa shape index (κ3) is 9.33. The molecule has 1 aliphatic carbocycles. The Morgan fingerprint density at radius 2 is 1.39 bits per heavy atom. The molecule has 0 amide bonds. The maximum absolute atomic E-state index is 6.11. The number of hydrogen-bond donors (Lipinski definition) is 0. The summed E-state index contributed by atoms with van der Waals surface area (Å²) in [6.45, 7) is 2.99. The Morgan fingerprint density at radius 3 is 2.11 bits per heavy atom. The molecule has 0 bridgehead atoms. The first kappa shape index (κ1) is 26.8. The van der Waals surface area contributed by atoms with Gasteiger partial charge in [0.15, 0.2) is 11.5 Å². The van der Waals surface area contributed by atoms with Gasteiger partial charge in [0.25, 0.3) is 0 Å². The highest BCUT2D eigenvalue weighted by Gasteiger charge is 2.24. The standard InChI is InChI=1S/C32H47NO3/c1-2-3-4-5-11-14-23-34-31-22-20-28(25-33-31)27-19-21-29-30(24-27)36-32(35-29)16-13-10-8-6-7-9-12-15-26-17-18-26/h19-22,24-26,32H,2-18,23H2,1H3. The summed E-state index contributed by atoms with van der Waals surface area (Å²) in [5.74, 6) is 3.49. The fourth-order valence-corrected chi connectivity index (χ4v) is 5.03. The SMILES string of the molecule is CCCCCCCCOc1ccc(-c2ccc3c(c2)OC(CCCCCCCCCC2CC2)O3)cn1. The van der Waals surface area contributed by atoms with Crippen LogP contribution in [0.1, 0.15) is 116 Å². The van der Waals surface area contributed by atoms with Gasteiger partial charge in [-0.3, -0.25) is 0 Å². The van der Waals surface area contributed by atoms with Crippen molar-refractivity contribution < 1.29 is 14.2 Å². The lowest BCUT2D eigenvalue weighted by atomic mass is 10.1. The van der Waals surface area contributed by atoms with E-state index in [1.807, 2.05) is 18.3 Å². The molecule has 2 aliphatic rings. The molecule has 4 heteroatoms. The van der Waals surface area contributed by atoms with Gasteiger partial charge in [-0.05, 0) is 42.5 Å². The van der Waals surface area contributed by atoms with Crippen molar-refractivity contribution in [2.24, 2.45) is 5.92 Å². The second-order valence-electron chi connectivity index (χ2n) is 10.8. The Hall–Kier alpha value is -2.23. The predicted molar refractivity (Wildman–Crippen MR) is 148 cm³/mol. The molecule has 4 rings (SSSR count). The molecule has 0 radical (unpaired) electrons. The van der Waals surface area contributed by atoms with E-state index >= 15 is 0 Å². The van der Waals surface area contributed by atoms with Gasteiger partial charge in [0.2, 0.25) is 12.2 Å². The Bertz CT molecular complexity index is 877. The summed E-state index contributed by atoms with van der Waals surface area (Å²) in [7, 11) is 0. The lowest BCUT2D eigenvalue weighted by Gasteiger charge is -2.09. The topological polar surface area (TPSA) is 40.6 Å². The summed E-state index contributed by atoms with van der Waals surface area (Å²) in [4.78, 5) is 4.51. The second-order valence-corrected chi connectivity index (χ2v) is 10.8. The van der Waals surface area contributed by atoms with Gasteiger partial charge in [0, 0.05) is 24.2 Å². The van der Waals surface area contributed by atoms with Crippen molar-refractivity contribution in [2.45, 2.75) is 122 Å². The van der Waals surface area contributed by atoms with Crippen LogP contribution in [-0.4, -0.2) is 17.9 Å². The highest BCUT2D eigenvalue weighted by atomic mass is 16.7. The highest BCUT2D eigenvalue weighted by Crippen LogP contribution is 2.39. The quantitative estimate of drug-likeness (QED) is 0.183. The molecule has 36 heavy (non-hydrogen) atoms. The van der Waals surface area contributed by atoms with Crippen LogP contribution in [0.25, 0.3) is 11.1 Å². The van der Waals surface area contributed by atoms with Crippen LogP contribution in [0.15, 0.2) is 36.5 Å². The minimum absolute atomic E-state index is 0.148. The normalized spacial score (nSPS) is 16.4. The number of hydrogen-bond acceptors (Lipinski definition) is 4. The number of ether oxygens (including phenoxy) is 3. The summed E-state index contributed by atoms with van der Waals surface area (Å²) in [6.07, 6.45) is 24.2. The zero-order chi connectivity index (χ0) is 24.8. The number of rotatable bonds is 19. The minimum atomic E-state index is -0.148. The fraction of sp³-hybridized carbons (Fsp3) is 0.656. The molecule has 0 saturated heterocycles. The Labute approximate surface area is 219 Å². The third-order valence-corrected chi connectivity index (χ3v) is 7.53. The predicted octanol–water partition coefficient (Wildman–Crippen LogP) is 9.51. The van der Waals surface area contributed by atoms with E-state index in [4.69, 9.17) is 14.2 Å². The molecule has 2 heterocycles. The van der Waals surface area contributed by atoms with Gasteiger partial charge in [-0.2, -0.15) is 0 Å². The maximum atomic E-state index is 6.11. The molecular weight excluding hydrogens is 446 g/mol. The second kappa shape index (κ2) is 15.1. The van der Waals surface area contributed by atoms with Gasteiger partial charge < -0.3 is 14.2 Å². The summed E-state index contributed by atoms with van der Waals surface area (Å²) in [5, 5.41) is 0. The first-order chi connectivity index (χ1) is 17.8. The lowest BCUT2D eigenvalue weighted by Crippen LogP contribution is -2.17. The summed E-state index contributed by atoms with van der Waals surface area (Å²) < 4.78 is 18.0. The van der Waals surface area contributed by atoms with Crippen molar-refractivity contribution in [1.82, 2.24) is 4.98 Å². The first-order valence-corrected chi connectivity index (χ1v) is 14.9. The molecular formula is C32H47NO3. The van der Waals surface area contributed by atoms with Crippen LogP contribution in [0, 0.1) is 5.92 Å². The molecule has 1 saturated carbocycles. The van der Waals surface area contributed by atoms with Gasteiger partial charge in [0.1, 0.15) is 0 Å². The van der Waals surface area contributed by atoms with E-state index in [9.17, 15) is 0 Å². The molecule has 198 valence electrons. The van der Waals surface area contributed by atoms with E-state index < -0.39 is 0 Å². The fourth-order valence-electron chi connectivity index (χ4n) is 5.03. The van der Waals surface area contributed by atoms with Gasteiger partial charge >= 0.3 is 0 Å². The minimum Gasteiger partial charge on any atom is -0.478 e. The van der Waals surface area contributed by atoms with E-state index in [-0.39, 0.29) is 6.29 Å². The average Bonchev–Trinajstić information content (AvgIpc) is 3.64. The van der Waals surface area contributed by atoms with E-state index in [2.05, 4.69) is 30.1 Å². The number of unbranched alkanes of at least 4 members (excludes halogenated alkanes) is 11. The Kier molecular flexibility index (Phi) is 11.3. The monoisotopic (exact) mass is 493 g/mol. The van der Waals surface area contributed by atoms with Crippen molar-refractivity contribution in [2.75, 3.05) is 6.61 Å². The summed E-state index contributed by atoms with van der Waals surface area (Å²) in [6, 6.07) is 10.2. The van der Waals surface area contributed by atoms with Crippen LogP contribution in [0.5, 0.6) is 17.4 Å². The number of pyridine rings is 1. The molecule has 1 aliphatic heterocycles. The van der Waals surface area contributed by atoms with Crippen molar-refractivity contribution >= 4 is 0 Å². The molecule has 0 spiro atoms. The van der Waals surface area contributed by atoms with Crippen LogP contribution in [-0.2, 0) is 0 Å². The van der Waals surface area contributed by atoms with E-state index in [0.29, 0.717) is 5.88 Å². The molecule has 1 unspecified atom stereocenters. The summed E-state index contributed by atoms with van der Waals surface area (Å²) >= 11 is 0. The number of nitrogens with zero attached hydrogens (tertiary/aromatic N) is 1. The molecule has 0 N–H and O–H groups in total. The number of benzene rings is 1. The molecule has 1 atom stereocenters. The zero-order valence-corrected chi connectivity index (χ0v) is 22.5. The van der Waals surface area contributed by atoms with Crippen molar-refractivity contribution in [3.63, 3.8) is 0 Å². The molecule has 1 fully saturated rings. The van der Waals surface area contributed by atoms with Crippen LogP contribution in [0.2, 0.25) is 0 Å². The van der Waals surface area contributed by atoms with Gasteiger partial charge in [0.05, 0.1) is 6.61 Å². The molecule has 1 aromatic carbocycles. The van der Waals surface area contributed by atoms with Crippen molar-refractivity contribution in [3.05, 3.63) is 36.5 Å². The average molecular weight is 494 g/mol. The smallest absolute Gasteiger partial charge is 0.241 e. The molecule has 4 nitrogen and oxygen atoms in total. The first-order valence-electron chi connectivity index (χ1n) is 14.9.